The lowest BCUT2D eigenvalue weighted by Crippen LogP contribution is -2.09. The van der Waals surface area contributed by atoms with Crippen LogP contribution in [0.15, 0.2) is 41.1 Å². The highest BCUT2D eigenvalue weighted by molar-refractivity contribution is 9.10. The van der Waals surface area contributed by atoms with Crippen LogP contribution in [0.2, 0.25) is 0 Å². The molecular weight excluding hydrogens is 288 g/mol. The first kappa shape index (κ1) is 13.1. The SMILES string of the molecule is Cc1cc(Br)cc(C)c1NC(C)c1cccnc1. The van der Waals surface area contributed by atoms with Gasteiger partial charge in [0.05, 0.1) is 6.04 Å². The van der Waals surface area contributed by atoms with E-state index < -0.39 is 0 Å². The van der Waals surface area contributed by atoms with Crippen molar-refractivity contribution in [2.45, 2.75) is 26.8 Å². The summed E-state index contributed by atoms with van der Waals surface area (Å²) in [5.41, 5.74) is 4.89. The van der Waals surface area contributed by atoms with Crippen molar-refractivity contribution in [3.05, 3.63) is 57.8 Å². The van der Waals surface area contributed by atoms with E-state index in [9.17, 15) is 0 Å². The Labute approximate surface area is 117 Å². The third kappa shape index (κ3) is 2.91. The molecule has 18 heavy (non-hydrogen) atoms. The van der Waals surface area contributed by atoms with Gasteiger partial charge in [-0.1, -0.05) is 22.0 Å². The summed E-state index contributed by atoms with van der Waals surface area (Å²) in [4.78, 5) is 4.16. The van der Waals surface area contributed by atoms with E-state index in [2.05, 4.69) is 65.2 Å². The Morgan fingerprint density at radius 2 is 1.89 bits per heavy atom. The van der Waals surface area contributed by atoms with Crippen molar-refractivity contribution in [1.29, 1.82) is 0 Å². The molecule has 0 saturated heterocycles. The van der Waals surface area contributed by atoms with Gasteiger partial charge in [-0.3, -0.25) is 4.98 Å². The number of aromatic nitrogens is 1. The molecule has 0 aliphatic rings. The van der Waals surface area contributed by atoms with E-state index in [0.29, 0.717) is 0 Å². The van der Waals surface area contributed by atoms with Crippen LogP contribution in [0.3, 0.4) is 0 Å². The molecule has 1 heterocycles. The molecule has 0 aliphatic carbocycles. The maximum absolute atomic E-state index is 4.16. The van der Waals surface area contributed by atoms with E-state index in [-0.39, 0.29) is 6.04 Å². The Morgan fingerprint density at radius 1 is 1.22 bits per heavy atom. The first-order valence-corrected chi connectivity index (χ1v) is 6.80. The molecule has 2 nitrogen and oxygen atoms in total. The zero-order valence-electron chi connectivity index (χ0n) is 10.9. The lowest BCUT2D eigenvalue weighted by Gasteiger charge is -2.19. The van der Waals surface area contributed by atoms with Crippen molar-refractivity contribution in [2.75, 3.05) is 5.32 Å². The van der Waals surface area contributed by atoms with Gasteiger partial charge in [0.15, 0.2) is 0 Å². The van der Waals surface area contributed by atoms with Crippen LogP contribution in [-0.4, -0.2) is 4.98 Å². The van der Waals surface area contributed by atoms with Gasteiger partial charge in [0.2, 0.25) is 0 Å². The molecule has 1 aromatic carbocycles. The van der Waals surface area contributed by atoms with Gasteiger partial charge in [-0.05, 0) is 55.7 Å². The molecule has 0 fully saturated rings. The largest absolute Gasteiger partial charge is 0.378 e. The van der Waals surface area contributed by atoms with Crippen LogP contribution >= 0.6 is 15.9 Å². The summed E-state index contributed by atoms with van der Waals surface area (Å²) in [6, 6.07) is 8.57. The number of rotatable bonds is 3. The molecule has 0 aliphatic heterocycles. The molecule has 1 unspecified atom stereocenters. The summed E-state index contributed by atoms with van der Waals surface area (Å²) < 4.78 is 1.12. The molecule has 2 aromatic rings. The van der Waals surface area contributed by atoms with Crippen molar-refractivity contribution in [3.63, 3.8) is 0 Å². The fourth-order valence-corrected chi connectivity index (χ4v) is 2.76. The minimum absolute atomic E-state index is 0.247. The summed E-state index contributed by atoms with van der Waals surface area (Å²) in [7, 11) is 0. The monoisotopic (exact) mass is 304 g/mol. The van der Waals surface area contributed by atoms with Gasteiger partial charge in [0, 0.05) is 22.6 Å². The summed E-state index contributed by atoms with van der Waals surface area (Å²) in [6.45, 7) is 6.39. The zero-order valence-corrected chi connectivity index (χ0v) is 12.5. The van der Waals surface area contributed by atoms with Gasteiger partial charge in [-0.15, -0.1) is 0 Å². The predicted octanol–water partition coefficient (Wildman–Crippen LogP) is 4.63. The van der Waals surface area contributed by atoms with Crippen LogP contribution in [0, 0.1) is 13.8 Å². The Balaban J connectivity index is 2.25. The average Bonchev–Trinajstić information content (AvgIpc) is 2.34. The Hall–Kier alpha value is -1.35. The van der Waals surface area contributed by atoms with E-state index in [4.69, 9.17) is 0 Å². The number of anilines is 1. The Morgan fingerprint density at radius 3 is 2.44 bits per heavy atom. The highest BCUT2D eigenvalue weighted by Crippen LogP contribution is 2.28. The van der Waals surface area contributed by atoms with Crippen LogP contribution in [0.1, 0.15) is 29.7 Å². The molecule has 1 aromatic heterocycles. The second-order valence-corrected chi connectivity index (χ2v) is 5.48. The molecule has 94 valence electrons. The van der Waals surface area contributed by atoms with Gasteiger partial charge in [-0.25, -0.2) is 0 Å². The first-order chi connectivity index (χ1) is 8.58. The van der Waals surface area contributed by atoms with Crippen LogP contribution in [0.5, 0.6) is 0 Å². The fourth-order valence-electron chi connectivity index (χ4n) is 2.07. The van der Waals surface area contributed by atoms with Crippen LogP contribution in [-0.2, 0) is 0 Å². The number of halogens is 1. The maximum atomic E-state index is 4.16. The second-order valence-electron chi connectivity index (χ2n) is 4.57. The molecule has 1 atom stereocenters. The number of nitrogens with zero attached hydrogens (tertiary/aromatic N) is 1. The zero-order chi connectivity index (χ0) is 13.1. The highest BCUT2D eigenvalue weighted by Gasteiger charge is 2.09. The Bertz CT molecular complexity index is 514. The standard InChI is InChI=1S/C15H17BrN2/c1-10-7-14(16)8-11(2)15(10)18-12(3)13-5-4-6-17-9-13/h4-9,12,18H,1-3H3. The summed E-state index contributed by atoms with van der Waals surface area (Å²) >= 11 is 3.52. The number of hydrogen-bond donors (Lipinski definition) is 1. The van der Waals surface area contributed by atoms with Crippen LogP contribution in [0.25, 0.3) is 0 Å². The molecular formula is C15H17BrN2. The average molecular weight is 305 g/mol. The van der Waals surface area contributed by atoms with Gasteiger partial charge in [-0.2, -0.15) is 0 Å². The van der Waals surface area contributed by atoms with E-state index >= 15 is 0 Å². The maximum Gasteiger partial charge on any atom is 0.0501 e. The van der Waals surface area contributed by atoms with Crippen LogP contribution in [0.4, 0.5) is 5.69 Å². The topological polar surface area (TPSA) is 24.9 Å². The lowest BCUT2D eigenvalue weighted by molar-refractivity contribution is 0.871. The molecule has 2 rings (SSSR count). The molecule has 0 spiro atoms. The van der Waals surface area contributed by atoms with Crippen molar-refractivity contribution in [3.8, 4) is 0 Å². The van der Waals surface area contributed by atoms with Crippen LogP contribution < -0.4 is 5.32 Å². The first-order valence-electron chi connectivity index (χ1n) is 6.01. The fraction of sp³-hybridized carbons (Fsp3) is 0.267. The molecule has 3 heteroatoms. The van der Waals surface area contributed by atoms with Crippen molar-refractivity contribution < 1.29 is 0 Å². The molecule has 0 radical (unpaired) electrons. The predicted molar refractivity (Wildman–Crippen MR) is 79.9 cm³/mol. The molecule has 0 amide bonds. The number of aryl methyl sites for hydroxylation is 2. The van der Waals surface area contributed by atoms with Gasteiger partial charge in [0.25, 0.3) is 0 Å². The van der Waals surface area contributed by atoms with E-state index in [0.717, 1.165) is 4.47 Å². The summed E-state index contributed by atoms with van der Waals surface area (Å²) in [5, 5.41) is 3.56. The van der Waals surface area contributed by atoms with Crippen molar-refractivity contribution in [2.24, 2.45) is 0 Å². The summed E-state index contributed by atoms with van der Waals surface area (Å²) in [6.07, 6.45) is 3.70. The quantitative estimate of drug-likeness (QED) is 0.894. The molecule has 0 bridgehead atoms. The van der Waals surface area contributed by atoms with E-state index in [1.807, 2.05) is 12.3 Å². The lowest BCUT2D eigenvalue weighted by atomic mass is 10.1. The number of nitrogens with one attached hydrogen (secondary N) is 1. The minimum atomic E-state index is 0.247. The summed E-state index contributed by atoms with van der Waals surface area (Å²) in [5.74, 6) is 0. The third-order valence-electron chi connectivity index (χ3n) is 3.04. The smallest absolute Gasteiger partial charge is 0.0501 e. The Kier molecular flexibility index (Phi) is 4.02. The normalized spacial score (nSPS) is 12.2. The van der Waals surface area contributed by atoms with E-state index in [1.54, 1.807) is 6.20 Å². The van der Waals surface area contributed by atoms with Gasteiger partial charge >= 0.3 is 0 Å². The van der Waals surface area contributed by atoms with E-state index in [1.165, 1.54) is 22.4 Å². The molecule has 0 saturated carbocycles. The highest BCUT2D eigenvalue weighted by atomic mass is 79.9. The number of benzene rings is 1. The molecule has 1 N–H and O–H groups in total. The second kappa shape index (κ2) is 5.53. The van der Waals surface area contributed by atoms with Gasteiger partial charge < -0.3 is 5.32 Å². The number of pyridine rings is 1. The van der Waals surface area contributed by atoms with Crippen molar-refractivity contribution >= 4 is 21.6 Å². The van der Waals surface area contributed by atoms with Crippen molar-refractivity contribution in [1.82, 2.24) is 4.98 Å². The minimum Gasteiger partial charge on any atom is -0.378 e. The third-order valence-corrected chi connectivity index (χ3v) is 3.50. The number of hydrogen-bond acceptors (Lipinski definition) is 2. The van der Waals surface area contributed by atoms with Gasteiger partial charge in [0.1, 0.15) is 0 Å².